The fraction of sp³-hybridized carbons (Fsp3) is 0.176. The summed E-state index contributed by atoms with van der Waals surface area (Å²) in [5, 5.41) is 10.9. The number of rotatable bonds is 4. The van der Waals surface area contributed by atoms with Crippen LogP contribution in [0.1, 0.15) is 17.5 Å². The Hall–Kier alpha value is -3.15. The lowest BCUT2D eigenvalue weighted by Gasteiger charge is -2.16. The molecule has 0 aliphatic rings. The molecule has 2 aromatic carbocycles. The van der Waals surface area contributed by atoms with Crippen molar-refractivity contribution in [3.8, 4) is 17.6 Å². The highest BCUT2D eigenvalue weighted by atomic mass is 19.4. The van der Waals surface area contributed by atoms with Crippen molar-refractivity contribution in [2.75, 3.05) is 5.32 Å². The van der Waals surface area contributed by atoms with E-state index in [9.17, 15) is 26.7 Å². The molecule has 26 heavy (non-hydrogen) atoms. The van der Waals surface area contributed by atoms with Crippen LogP contribution in [0.3, 0.4) is 0 Å². The van der Waals surface area contributed by atoms with Gasteiger partial charge in [0.15, 0.2) is 23.1 Å². The standard InChI is InChI=1S/C17H11F5N2O2/c1-9-3-2-4-13(15(9)24-14(25)5-6-23)26-16-11(18)7-10(8-12(16)19)17(20,21)22/h2-4,7-8H,5H2,1H3,(H,24,25). The van der Waals surface area contributed by atoms with Gasteiger partial charge in [-0.05, 0) is 30.7 Å². The van der Waals surface area contributed by atoms with E-state index in [1.165, 1.54) is 12.1 Å². The lowest BCUT2D eigenvalue weighted by molar-refractivity contribution is -0.138. The van der Waals surface area contributed by atoms with Gasteiger partial charge in [-0.25, -0.2) is 8.78 Å². The van der Waals surface area contributed by atoms with Gasteiger partial charge in [0.05, 0.1) is 17.3 Å². The molecule has 0 radical (unpaired) electrons. The summed E-state index contributed by atoms with van der Waals surface area (Å²) in [5.41, 5.74) is -0.986. The number of amides is 1. The fourth-order valence-corrected chi connectivity index (χ4v) is 2.07. The number of anilines is 1. The highest BCUT2D eigenvalue weighted by Gasteiger charge is 2.33. The van der Waals surface area contributed by atoms with Crippen LogP contribution in [0.15, 0.2) is 30.3 Å². The van der Waals surface area contributed by atoms with Crippen LogP contribution in [-0.4, -0.2) is 5.91 Å². The maximum Gasteiger partial charge on any atom is 0.416 e. The van der Waals surface area contributed by atoms with Crippen molar-refractivity contribution in [2.45, 2.75) is 19.5 Å². The number of alkyl halides is 3. The zero-order chi connectivity index (χ0) is 19.5. The van der Waals surface area contributed by atoms with Crippen molar-refractivity contribution >= 4 is 11.6 Å². The lowest BCUT2D eigenvalue weighted by atomic mass is 10.1. The van der Waals surface area contributed by atoms with Crippen LogP contribution in [0, 0.1) is 29.9 Å². The van der Waals surface area contributed by atoms with Crippen molar-refractivity contribution in [1.82, 2.24) is 0 Å². The topological polar surface area (TPSA) is 62.1 Å². The van der Waals surface area contributed by atoms with Gasteiger partial charge in [-0.15, -0.1) is 0 Å². The highest BCUT2D eigenvalue weighted by Crippen LogP contribution is 2.38. The molecule has 0 unspecified atom stereocenters. The van der Waals surface area contributed by atoms with E-state index in [-0.39, 0.29) is 23.6 Å². The SMILES string of the molecule is Cc1cccc(Oc2c(F)cc(C(F)(F)F)cc2F)c1NC(=O)CC#N. The summed E-state index contributed by atoms with van der Waals surface area (Å²) in [6.45, 7) is 1.56. The molecule has 0 aromatic heterocycles. The first-order chi connectivity index (χ1) is 12.1. The second-order valence-electron chi connectivity index (χ2n) is 5.20. The van der Waals surface area contributed by atoms with Crippen molar-refractivity contribution in [1.29, 1.82) is 5.26 Å². The number of aryl methyl sites for hydroxylation is 1. The van der Waals surface area contributed by atoms with Gasteiger partial charge in [0, 0.05) is 0 Å². The average molecular weight is 370 g/mol. The maximum atomic E-state index is 13.9. The Labute approximate surface area is 144 Å². The van der Waals surface area contributed by atoms with Crippen LogP contribution < -0.4 is 10.1 Å². The Morgan fingerprint density at radius 3 is 2.38 bits per heavy atom. The second-order valence-corrected chi connectivity index (χ2v) is 5.20. The molecular weight excluding hydrogens is 359 g/mol. The molecule has 0 bridgehead atoms. The molecule has 0 spiro atoms. The van der Waals surface area contributed by atoms with E-state index < -0.39 is 41.5 Å². The molecule has 0 heterocycles. The van der Waals surface area contributed by atoms with Crippen LogP contribution in [0.25, 0.3) is 0 Å². The minimum Gasteiger partial charge on any atom is -0.449 e. The van der Waals surface area contributed by atoms with Crippen molar-refractivity contribution in [2.24, 2.45) is 0 Å². The van der Waals surface area contributed by atoms with Gasteiger partial charge in [0.2, 0.25) is 5.91 Å². The molecular formula is C17H11F5N2O2. The average Bonchev–Trinajstić information content (AvgIpc) is 2.53. The highest BCUT2D eigenvalue weighted by molar-refractivity contribution is 5.94. The number of nitrogens with one attached hydrogen (secondary N) is 1. The molecule has 2 aromatic rings. The molecule has 136 valence electrons. The summed E-state index contributed by atoms with van der Waals surface area (Å²) in [7, 11) is 0. The van der Waals surface area contributed by atoms with E-state index >= 15 is 0 Å². The van der Waals surface area contributed by atoms with Gasteiger partial charge >= 0.3 is 6.18 Å². The third-order valence-electron chi connectivity index (χ3n) is 3.28. The lowest BCUT2D eigenvalue weighted by Crippen LogP contribution is -2.12. The predicted octanol–water partition coefficient (Wildman–Crippen LogP) is 4.94. The third kappa shape index (κ3) is 4.27. The van der Waals surface area contributed by atoms with Crippen molar-refractivity contribution < 1.29 is 31.5 Å². The number of nitrogens with zero attached hydrogens (tertiary/aromatic N) is 1. The summed E-state index contributed by atoms with van der Waals surface area (Å²) in [6, 6.07) is 6.16. The smallest absolute Gasteiger partial charge is 0.416 e. The van der Waals surface area contributed by atoms with Crippen LogP contribution >= 0.6 is 0 Å². The fourth-order valence-electron chi connectivity index (χ4n) is 2.07. The third-order valence-corrected chi connectivity index (χ3v) is 3.28. The van der Waals surface area contributed by atoms with E-state index in [4.69, 9.17) is 10.00 Å². The van der Waals surface area contributed by atoms with Gasteiger partial charge in [0.1, 0.15) is 6.42 Å². The molecule has 0 aliphatic carbocycles. The minimum absolute atomic E-state index is 0.0476. The van der Waals surface area contributed by atoms with Gasteiger partial charge < -0.3 is 10.1 Å². The molecule has 0 aliphatic heterocycles. The molecule has 4 nitrogen and oxygen atoms in total. The Balaban J connectivity index is 2.42. The Morgan fingerprint density at radius 2 is 1.85 bits per heavy atom. The molecule has 2 rings (SSSR count). The summed E-state index contributed by atoms with van der Waals surface area (Å²) >= 11 is 0. The number of nitriles is 1. The Bertz CT molecular complexity index is 865. The number of para-hydroxylation sites is 1. The summed E-state index contributed by atoms with van der Waals surface area (Å²) in [5.74, 6) is -5.01. The first-order valence-corrected chi connectivity index (χ1v) is 7.14. The number of ether oxygens (including phenoxy) is 1. The summed E-state index contributed by atoms with van der Waals surface area (Å²) in [4.78, 5) is 11.6. The quantitative estimate of drug-likeness (QED) is 0.776. The first kappa shape index (κ1) is 19.2. The largest absolute Gasteiger partial charge is 0.449 e. The molecule has 1 N–H and O–H groups in total. The number of carbonyl (C=O) groups excluding carboxylic acids is 1. The van der Waals surface area contributed by atoms with Crippen molar-refractivity contribution in [3.05, 3.63) is 53.1 Å². The Morgan fingerprint density at radius 1 is 1.23 bits per heavy atom. The number of hydrogen-bond donors (Lipinski definition) is 1. The monoisotopic (exact) mass is 370 g/mol. The Kier molecular flexibility index (Phi) is 5.45. The number of hydrogen-bond acceptors (Lipinski definition) is 3. The van der Waals surface area contributed by atoms with E-state index in [1.807, 2.05) is 0 Å². The minimum atomic E-state index is -4.92. The van der Waals surface area contributed by atoms with Gasteiger partial charge in [-0.3, -0.25) is 4.79 Å². The van der Waals surface area contributed by atoms with Crippen LogP contribution in [-0.2, 0) is 11.0 Å². The first-order valence-electron chi connectivity index (χ1n) is 7.14. The zero-order valence-electron chi connectivity index (χ0n) is 13.2. The molecule has 0 atom stereocenters. The number of halogens is 5. The molecule has 9 heteroatoms. The molecule has 0 fully saturated rings. The molecule has 0 saturated heterocycles. The normalized spacial score (nSPS) is 11.0. The van der Waals surface area contributed by atoms with Crippen LogP contribution in [0.2, 0.25) is 0 Å². The maximum absolute atomic E-state index is 13.9. The van der Waals surface area contributed by atoms with E-state index in [2.05, 4.69) is 5.32 Å². The van der Waals surface area contributed by atoms with Gasteiger partial charge in [-0.1, -0.05) is 12.1 Å². The van der Waals surface area contributed by atoms with Crippen LogP contribution in [0.5, 0.6) is 11.5 Å². The number of carbonyl (C=O) groups is 1. The van der Waals surface area contributed by atoms with Crippen LogP contribution in [0.4, 0.5) is 27.6 Å². The van der Waals surface area contributed by atoms with Gasteiger partial charge in [-0.2, -0.15) is 18.4 Å². The van der Waals surface area contributed by atoms with E-state index in [0.29, 0.717) is 5.56 Å². The molecule has 1 amide bonds. The van der Waals surface area contributed by atoms with Gasteiger partial charge in [0.25, 0.3) is 0 Å². The van der Waals surface area contributed by atoms with E-state index in [0.717, 1.165) is 0 Å². The zero-order valence-corrected chi connectivity index (χ0v) is 13.2. The summed E-state index contributed by atoms with van der Waals surface area (Å²) < 4.78 is 70.8. The second kappa shape index (κ2) is 7.39. The van der Waals surface area contributed by atoms with Crippen molar-refractivity contribution in [3.63, 3.8) is 0 Å². The van der Waals surface area contributed by atoms with E-state index in [1.54, 1.807) is 19.1 Å². The summed E-state index contributed by atoms with van der Waals surface area (Å²) in [6.07, 6.45) is -5.38. The molecule has 0 saturated carbocycles. The predicted molar refractivity (Wildman–Crippen MR) is 81.5 cm³/mol. The number of benzene rings is 2.